The number of rotatable bonds is 44. The molecular weight excluding hydrogens is 853 g/mol. The molecule has 0 spiro atoms. The molecule has 6 unspecified atom stereocenters. The average Bonchev–Trinajstić information content (AvgIpc) is 3.31. The van der Waals surface area contributed by atoms with Crippen molar-refractivity contribution in [1.82, 2.24) is 0 Å². The molecule has 0 bridgehead atoms. The van der Waals surface area contributed by atoms with Crippen LogP contribution in [0.1, 0.15) is 226 Å². The lowest BCUT2D eigenvalue weighted by Gasteiger charge is -2.40. The Balaban J connectivity index is 2.76. The summed E-state index contributed by atoms with van der Waals surface area (Å²) in [5.41, 5.74) is 0. The molecule has 0 aromatic heterocycles. The van der Waals surface area contributed by atoms with E-state index in [1.54, 1.807) is 0 Å². The molecule has 0 radical (unpaired) electrons. The number of carboxylic acid groups (broad SMARTS) is 1. The Kier molecular flexibility index (Phi) is 40.4. The zero-order valence-electron chi connectivity index (χ0n) is 42.1. The van der Waals surface area contributed by atoms with Gasteiger partial charge in [-0.2, -0.15) is 0 Å². The molecule has 386 valence electrons. The second-order valence-electron chi connectivity index (χ2n) is 18.1. The Morgan fingerprint density at radius 3 is 1.40 bits per heavy atom. The van der Waals surface area contributed by atoms with E-state index in [2.05, 4.69) is 57.2 Å². The molecule has 6 atom stereocenters. The third-order valence-corrected chi connectivity index (χ3v) is 11.9. The van der Waals surface area contributed by atoms with E-state index in [1.165, 1.54) is 96.3 Å². The van der Waals surface area contributed by atoms with Gasteiger partial charge in [-0.25, -0.2) is 4.79 Å². The van der Waals surface area contributed by atoms with Crippen molar-refractivity contribution in [3.63, 3.8) is 0 Å². The van der Waals surface area contributed by atoms with E-state index in [0.29, 0.717) is 19.3 Å². The molecule has 12 heteroatoms. The summed E-state index contributed by atoms with van der Waals surface area (Å²) in [5.74, 6) is -3.21. The molecule has 3 N–H and O–H groups in total. The smallest absolute Gasteiger partial charge is 0.335 e. The van der Waals surface area contributed by atoms with Crippen LogP contribution in [0.2, 0.25) is 0 Å². The highest BCUT2D eigenvalue weighted by Crippen LogP contribution is 2.26. The summed E-state index contributed by atoms with van der Waals surface area (Å²) in [4.78, 5) is 50.8. The minimum atomic E-state index is -1.91. The number of allylic oxidation sites excluding steroid dienone is 8. The maximum atomic E-state index is 13.0. The van der Waals surface area contributed by atoms with Crippen molar-refractivity contribution in [3.05, 3.63) is 48.6 Å². The van der Waals surface area contributed by atoms with Gasteiger partial charge < -0.3 is 39.0 Å². The molecule has 0 amide bonds. The summed E-state index contributed by atoms with van der Waals surface area (Å²) < 4.78 is 28.2. The van der Waals surface area contributed by atoms with Crippen LogP contribution in [0, 0.1) is 0 Å². The molecule has 12 nitrogen and oxygen atoms in total. The number of aliphatic carboxylic acids is 1. The lowest BCUT2D eigenvalue weighted by atomic mass is 9.98. The van der Waals surface area contributed by atoms with E-state index in [1.807, 2.05) is 12.2 Å². The van der Waals surface area contributed by atoms with Gasteiger partial charge in [0.15, 0.2) is 24.6 Å². The first-order valence-corrected chi connectivity index (χ1v) is 26.6. The largest absolute Gasteiger partial charge is 0.479 e. The first-order chi connectivity index (χ1) is 32.6. The van der Waals surface area contributed by atoms with E-state index in [-0.39, 0.29) is 25.9 Å². The van der Waals surface area contributed by atoms with E-state index in [4.69, 9.17) is 23.7 Å². The van der Waals surface area contributed by atoms with E-state index < -0.39 is 67.3 Å². The van der Waals surface area contributed by atoms with Crippen molar-refractivity contribution < 1.29 is 58.2 Å². The molecule has 0 aliphatic carbocycles. The predicted molar refractivity (Wildman–Crippen MR) is 266 cm³/mol. The molecule has 1 rings (SSSR count). The fourth-order valence-corrected chi connectivity index (χ4v) is 7.85. The Morgan fingerprint density at radius 2 is 0.940 bits per heavy atom. The third kappa shape index (κ3) is 34.6. The van der Waals surface area contributed by atoms with Crippen molar-refractivity contribution in [2.75, 3.05) is 13.2 Å². The number of carboxylic acids is 1. The van der Waals surface area contributed by atoms with Gasteiger partial charge in [0.2, 0.25) is 0 Å². The van der Waals surface area contributed by atoms with Crippen LogP contribution in [-0.2, 0) is 42.9 Å². The van der Waals surface area contributed by atoms with Crippen LogP contribution < -0.4 is 0 Å². The minimum absolute atomic E-state index is 0.0578. The van der Waals surface area contributed by atoms with Gasteiger partial charge in [0.25, 0.3) is 0 Å². The molecule has 67 heavy (non-hydrogen) atoms. The van der Waals surface area contributed by atoms with E-state index in [9.17, 15) is 34.5 Å². The van der Waals surface area contributed by atoms with Crippen LogP contribution >= 0.6 is 0 Å². The summed E-state index contributed by atoms with van der Waals surface area (Å²) in [7, 11) is 0. The van der Waals surface area contributed by atoms with Gasteiger partial charge in [-0.3, -0.25) is 14.4 Å². The lowest BCUT2D eigenvalue weighted by molar-refractivity contribution is -0.301. The standard InChI is InChI=1S/C55H94O12/c1-4-7-10-13-16-19-22-24-27-29-32-35-38-41-47(56)63-44-46(65-48(57)42-39-36-33-30-26-21-18-15-12-9-6-3)45-64-55-53(51(60)50(59)52(67-55)54(61)62)66-49(58)43-40-37-34-31-28-25-23-20-17-14-11-8-5-2/h7,10,16,19,24,27,32,35,46,50-53,55,59-60H,4-6,8-9,11-15,17-18,20-23,25-26,28-31,33-34,36-45H2,1-3H3,(H,61,62)/b10-7-,19-16-,27-24-,35-32-. The van der Waals surface area contributed by atoms with Gasteiger partial charge in [-0.05, 0) is 44.9 Å². The predicted octanol–water partition coefficient (Wildman–Crippen LogP) is 12.7. The number of hydrogen-bond acceptors (Lipinski definition) is 11. The Labute approximate surface area is 405 Å². The Hall–Kier alpha value is -3.32. The van der Waals surface area contributed by atoms with Crippen LogP contribution in [0.3, 0.4) is 0 Å². The maximum absolute atomic E-state index is 13.0. The van der Waals surface area contributed by atoms with Gasteiger partial charge in [0, 0.05) is 19.3 Å². The number of ether oxygens (including phenoxy) is 5. The van der Waals surface area contributed by atoms with Gasteiger partial charge in [0.1, 0.15) is 18.8 Å². The van der Waals surface area contributed by atoms with E-state index >= 15 is 0 Å². The van der Waals surface area contributed by atoms with Crippen LogP contribution in [0.25, 0.3) is 0 Å². The fourth-order valence-electron chi connectivity index (χ4n) is 7.85. The number of hydrogen-bond donors (Lipinski definition) is 3. The van der Waals surface area contributed by atoms with Crippen LogP contribution in [0.5, 0.6) is 0 Å². The Morgan fingerprint density at radius 1 is 0.507 bits per heavy atom. The highest BCUT2D eigenvalue weighted by Gasteiger charge is 2.50. The summed E-state index contributed by atoms with van der Waals surface area (Å²) in [5, 5.41) is 31.3. The van der Waals surface area contributed by atoms with Crippen molar-refractivity contribution in [2.24, 2.45) is 0 Å². The van der Waals surface area contributed by atoms with Crippen LogP contribution in [0.15, 0.2) is 48.6 Å². The zero-order chi connectivity index (χ0) is 49.0. The zero-order valence-corrected chi connectivity index (χ0v) is 42.1. The highest BCUT2D eigenvalue weighted by atomic mass is 16.7. The third-order valence-electron chi connectivity index (χ3n) is 11.9. The Bertz CT molecular complexity index is 1360. The molecule has 1 heterocycles. The molecule has 1 fully saturated rings. The molecule has 0 aromatic rings. The normalized spacial score (nSPS) is 19.2. The fraction of sp³-hybridized carbons (Fsp3) is 0.782. The molecule has 1 saturated heterocycles. The average molecular weight is 947 g/mol. The number of esters is 3. The summed E-state index contributed by atoms with van der Waals surface area (Å²) in [6.07, 6.45) is 38.3. The molecule has 0 saturated carbocycles. The number of carbonyl (C=O) groups is 4. The first kappa shape index (κ1) is 61.7. The SMILES string of the molecule is CC/C=C\C/C=C\C/C=C\C/C=C\CCC(=O)OCC(COC1OC(C(=O)O)C(O)C(O)C1OC(=O)CCCCCCCCCCCCCCC)OC(=O)CCCCCCCCCCCCC. The van der Waals surface area contributed by atoms with Crippen molar-refractivity contribution >= 4 is 23.9 Å². The van der Waals surface area contributed by atoms with Gasteiger partial charge >= 0.3 is 23.9 Å². The molecule has 0 aromatic carbocycles. The highest BCUT2D eigenvalue weighted by molar-refractivity contribution is 5.74. The van der Waals surface area contributed by atoms with Crippen LogP contribution in [-0.4, -0.2) is 89.2 Å². The number of aliphatic hydroxyl groups excluding tert-OH is 2. The summed E-state index contributed by atoms with van der Waals surface area (Å²) in [6, 6.07) is 0. The second kappa shape index (κ2) is 43.9. The maximum Gasteiger partial charge on any atom is 0.335 e. The minimum Gasteiger partial charge on any atom is -0.479 e. The number of carbonyl (C=O) groups excluding carboxylic acids is 3. The summed E-state index contributed by atoms with van der Waals surface area (Å²) >= 11 is 0. The van der Waals surface area contributed by atoms with Crippen LogP contribution in [0.4, 0.5) is 0 Å². The second-order valence-corrected chi connectivity index (χ2v) is 18.1. The first-order valence-electron chi connectivity index (χ1n) is 26.6. The monoisotopic (exact) mass is 947 g/mol. The quantitative estimate of drug-likeness (QED) is 0.0228. The molecule has 1 aliphatic rings. The topological polar surface area (TPSA) is 175 Å². The van der Waals surface area contributed by atoms with Gasteiger partial charge in [0.05, 0.1) is 6.61 Å². The molecular formula is C55H94O12. The number of unbranched alkanes of at least 4 members (excludes halogenated alkanes) is 22. The van der Waals surface area contributed by atoms with Crippen molar-refractivity contribution in [3.8, 4) is 0 Å². The lowest BCUT2D eigenvalue weighted by Crippen LogP contribution is -2.61. The van der Waals surface area contributed by atoms with Gasteiger partial charge in [-0.1, -0.05) is 211 Å². The summed E-state index contributed by atoms with van der Waals surface area (Å²) in [6.45, 7) is 5.78. The van der Waals surface area contributed by atoms with Gasteiger partial charge in [-0.15, -0.1) is 0 Å². The van der Waals surface area contributed by atoms with E-state index in [0.717, 1.165) is 70.6 Å². The van der Waals surface area contributed by atoms with Crippen molar-refractivity contribution in [1.29, 1.82) is 0 Å². The number of aliphatic hydroxyl groups is 2. The molecule has 1 aliphatic heterocycles. The van der Waals surface area contributed by atoms with Crippen molar-refractivity contribution in [2.45, 2.75) is 263 Å².